The molecular formula is C24H29NO5. The minimum atomic E-state index is -0.862. The Kier molecular flexibility index (Phi) is 8.59. The van der Waals surface area contributed by atoms with Gasteiger partial charge in [0.2, 0.25) is 0 Å². The molecule has 0 fully saturated rings. The van der Waals surface area contributed by atoms with Gasteiger partial charge >= 0.3 is 5.97 Å². The average molecular weight is 411 g/mol. The molecular weight excluding hydrogens is 382 g/mol. The summed E-state index contributed by atoms with van der Waals surface area (Å²) in [5.74, 6) is -0.855. The Morgan fingerprint density at radius 2 is 1.50 bits per heavy atom. The van der Waals surface area contributed by atoms with Gasteiger partial charge in [-0.25, -0.2) is 4.79 Å². The van der Waals surface area contributed by atoms with Crippen LogP contribution in [-0.2, 0) is 16.0 Å². The third kappa shape index (κ3) is 6.44. The third-order valence-electron chi connectivity index (χ3n) is 4.66. The lowest BCUT2D eigenvalue weighted by molar-refractivity contribution is -0.145. The molecule has 0 aliphatic heterocycles. The van der Waals surface area contributed by atoms with Crippen LogP contribution in [0.15, 0.2) is 48.5 Å². The monoisotopic (exact) mass is 411 g/mol. The van der Waals surface area contributed by atoms with Gasteiger partial charge in [-0.3, -0.25) is 9.59 Å². The van der Waals surface area contributed by atoms with Crippen molar-refractivity contribution >= 4 is 17.7 Å². The molecule has 0 radical (unpaired) electrons. The summed E-state index contributed by atoms with van der Waals surface area (Å²) in [4.78, 5) is 37.3. The minimum absolute atomic E-state index is 0.205. The van der Waals surface area contributed by atoms with E-state index < -0.39 is 17.9 Å². The van der Waals surface area contributed by atoms with Crippen LogP contribution < -0.4 is 10.1 Å². The summed E-state index contributed by atoms with van der Waals surface area (Å²) < 4.78 is 10.6. The molecule has 6 nitrogen and oxygen atoms in total. The van der Waals surface area contributed by atoms with Crippen molar-refractivity contribution in [3.8, 4) is 5.75 Å². The summed E-state index contributed by atoms with van der Waals surface area (Å²) in [6, 6.07) is 13.0. The van der Waals surface area contributed by atoms with E-state index in [-0.39, 0.29) is 18.3 Å². The first-order valence-electron chi connectivity index (χ1n) is 10.2. The van der Waals surface area contributed by atoms with Crippen LogP contribution in [0.2, 0.25) is 0 Å². The van der Waals surface area contributed by atoms with Crippen LogP contribution >= 0.6 is 0 Å². The van der Waals surface area contributed by atoms with Gasteiger partial charge in [-0.05, 0) is 49.1 Å². The lowest BCUT2D eigenvalue weighted by Gasteiger charge is -2.21. The van der Waals surface area contributed by atoms with E-state index >= 15 is 0 Å². The van der Waals surface area contributed by atoms with Crippen molar-refractivity contribution in [1.29, 1.82) is 0 Å². The van der Waals surface area contributed by atoms with E-state index in [0.29, 0.717) is 23.5 Å². The molecule has 0 spiro atoms. The predicted molar refractivity (Wildman–Crippen MR) is 115 cm³/mol. The average Bonchev–Trinajstić information content (AvgIpc) is 2.76. The molecule has 6 heteroatoms. The molecule has 30 heavy (non-hydrogen) atoms. The normalized spacial score (nSPS) is 11.6. The zero-order valence-electron chi connectivity index (χ0n) is 17.9. The number of rotatable bonds is 10. The van der Waals surface area contributed by atoms with Crippen LogP contribution in [0.3, 0.4) is 0 Å². The molecule has 0 aliphatic rings. The van der Waals surface area contributed by atoms with Crippen LogP contribution in [0.4, 0.5) is 0 Å². The maximum atomic E-state index is 12.5. The Morgan fingerprint density at radius 1 is 0.900 bits per heavy atom. The summed E-state index contributed by atoms with van der Waals surface area (Å²) in [6.45, 7) is 7.68. The summed E-state index contributed by atoms with van der Waals surface area (Å²) in [5, 5.41) is 2.70. The number of carbonyl (C=O) groups excluding carboxylic acids is 3. The molecule has 0 saturated carbocycles. The molecule has 2 rings (SSSR count). The van der Waals surface area contributed by atoms with Gasteiger partial charge in [-0.2, -0.15) is 0 Å². The van der Waals surface area contributed by atoms with Crippen LogP contribution in [0, 0.1) is 5.92 Å². The van der Waals surface area contributed by atoms with E-state index in [1.165, 1.54) is 0 Å². The standard InChI is InChI=1S/C24H29NO5/c1-5-17-7-9-18(10-8-17)21(26)15-30-24(28)22(16(3)4)25-23(27)19-11-13-20(14-12-19)29-6-2/h7-14,16,22H,5-6,15H2,1-4H3,(H,25,27)/t22-/m0/s1. The topological polar surface area (TPSA) is 81.7 Å². The molecule has 0 saturated heterocycles. The molecule has 0 aromatic heterocycles. The summed E-state index contributed by atoms with van der Waals surface area (Å²) >= 11 is 0. The van der Waals surface area contributed by atoms with Crippen molar-refractivity contribution in [3.05, 3.63) is 65.2 Å². The van der Waals surface area contributed by atoms with Gasteiger partial charge in [0.15, 0.2) is 12.4 Å². The number of carbonyl (C=O) groups is 3. The second-order valence-corrected chi connectivity index (χ2v) is 7.23. The smallest absolute Gasteiger partial charge is 0.329 e. The number of amides is 1. The highest BCUT2D eigenvalue weighted by Crippen LogP contribution is 2.13. The highest BCUT2D eigenvalue weighted by atomic mass is 16.5. The molecule has 0 aliphatic carbocycles. The van der Waals surface area contributed by atoms with E-state index in [1.54, 1.807) is 50.2 Å². The number of esters is 1. The van der Waals surface area contributed by atoms with Crippen LogP contribution in [-0.4, -0.2) is 36.9 Å². The molecule has 2 aromatic carbocycles. The number of hydrogen-bond acceptors (Lipinski definition) is 5. The molecule has 160 valence electrons. The van der Waals surface area contributed by atoms with Gasteiger partial charge in [0, 0.05) is 11.1 Å². The maximum Gasteiger partial charge on any atom is 0.329 e. The van der Waals surface area contributed by atoms with Crippen molar-refractivity contribution < 1.29 is 23.9 Å². The Hall–Kier alpha value is -3.15. The second kappa shape index (κ2) is 11.1. The Bertz CT molecular complexity index is 856. The molecule has 0 heterocycles. The lowest BCUT2D eigenvalue weighted by Crippen LogP contribution is -2.45. The maximum absolute atomic E-state index is 12.5. The Balaban J connectivity index is 1.96. The van der Waals surface area contributed by atoms with Crippen LogP contribution in [0.25, 0.3) is 0 Å². The lowest BCUT2D eigenvalue weighted by atomic mass is 10.0. The first-order chi connectivity index (χ1) is 14.3. The SMILES string of the molecule is CCOc1ccc(C(=O)N[C@H](C(=O)OCC(=O)c2ccc(CC)cc2)C(C)C)cc1. The summed E-state index contributed by atoms with van der Waals surface area (Å²) in [7, 11) is 0. The fourth-order valence-corrected chi connectivity index (χ4v) is 2.83. The highest BCUT2D eigenvalue weighted by Gasteiger charge is 2.27. The van der Waals surface area contributed by atoms with E-state index in [4.69, 9.17) is 9.47 Å². The number of nitrogens with one attached hydrogen (secondary N) is 1. The van der Waals surface area contributed by atoms with Crippen molar-refractivity contribution in [3.63, 3.8) is 0 Å². The zero-order chi connectivity index (χ0) is 22.1. The Morgan fingerprint density at radius 3 is 2.03 bits per heavy atom. The van der Waals surface area contributed by atoms with Crippen molar-refractivity contribution in [2.45, 2.75) is 40.2 Å². The second-order valence-electron chi connectivity index (χ2n) is 7.23. The number of hydrogen-bond donors (Lipinski definition) is 1. The van der Waals surface area contributed by atoms with Gasteiger partial charge in [0.1, 0.15) is 11.8 Å². The minimum Gasteiger partial charge on any atom is -0.494 e. The number of ether oxygens (including phenoxy) is 2. The van der Waals surface area contributed by atoms with Crippen molar-refractivity contribution in [1.82, 2.24) is 5.32 Å². The molecule has 1 N–H and O–H groups in total. The van der Waals surface area contributed by atoms with Crippen molar-refractivity contribution in [2.75, 3.05) is 13.2 Å². The first kappa shape index (κ1) is 23.1. The quantitative estimate of drug-likeness (QED) is 0.475. The van der Waals surface area contributed by atoms with E-state index in [2.05, 4.69) is 5.32 Å². The van der Waals surface area contributed by atoms with Crippen LogP contribution in [0.1, 0.15) is 54.0 Å². The molecule has 0 unspecified atom stereocenters. The van der Waals surface area contributed by atoms with Gasteiger partial charge in [-0.15, -0.1) is 0 Å². The predicted octanol–water partition coefficient (Wildman–Crippen LogP) is 3.83. The number of aryl methyl sites for hydroxylation is 1. The molecule has 0 bridgehead atoms. The van der Waals surface area contributed by atoms with Crippen LogP contribution in [0.5, 0.6) is 5.75 Å². The summed E-state index contributed by atoms with van der Waals surface area (Å²) in [5.41, 5.74) is 2.02. The fourth-order valence-electron chi connectivity index (χ4n) is 2.83. The summed E-state index contributed by atoms with van der Waals surface area (Å²) in [6.07, 6.45) is 0.883. The molecule has 2 aromatic rings. The highest BCUT2D eigenvalue weighted by molar-refractivity contribution is 5.99. The third-order valence-corrected chi connectivity index (χ3v) is 4.66. The van der Waals surface area contributed by atoms with Gasteiger partial charge in [0.05, 0.1) is 6.61 Å². The molecule has 1 amide bonds. The van der Waals surface area contributed by atoms with Crippen molar-refractivity contribution in [2.24, 2.45) is 5.92 Å². The van der Waals surface area contributed by atoms with Gasteiger partial charge in [0.25, 0.3) is 5.91 Å². The fraction of sp³-hybridized carbons (Fsp3) is 0.375. The largest absolute Gasteiger partial charge is 0.494 e. The number of Topliss-reactive ketones (excluding diaryl/α,β-unsaturated/α-hetero) is 1. The number of benzene rings is 2. The first-order valence-corrected chi connectivity index (χ1v) is 10.2. The Labute approximate surface area is 177 Å². The van der Waals surface area contributed by atoms with Gasteiger partial charge < -0.3 is 14.8 Å². The zero-order valence-corrected chi connectivity index (χ0v) is 17.9. The number of ketones is 1. The van der Waals surface area contributed by atoms with E-state index in [9.17, 15) is 14.4 Å². The molecule has 1 atom stereocenters. The van der Waals surface area contributed by atoms with Gasteiger partial charge in [-0.1, -0.05) is 45.0 Å². The van der Waals surface area contributed by atoms with E-state index in [1.807, 2.05) is 26.0 Å². The van der Waals surface area contributed by atoms with E-state index in [0.717, 1.165) is 12.0 Å².